The molecule has 0 spiro atoms. The molecule has 0 saturated heterocycles. The van der Waals surface area contributed by atoms with Gasteiger partial charge in [-0.25, -0.2) is 0 Å². The lowest BCUT2D eigenvalue weighted by atomic mass is 10.0. The summed E-state index contributed by atoms with van der Waals surface area (Å²) in [5, 5.41) is 3.51. The van der Waals surface area contributed by atoms with Crippen molar-refractivity contribution in [1.82, 2.24) is 14.8 Å². The van der Waals surface area contributed by atoms with Crippen LogP contribution in [0.1, 0.15) is 140 Å². The van der Waals surface area contributed by atoms with Crippen LogP contribution >= 0.6 is 0 Å². The number of aromatic nitrogens is 1. The highest BCUT2D eigenvalue weighted by Crippen LogP contribution is 2.15. The predicted octanol–water partition coefficient (Wildman–Crippen LogP) is 9.36. The Morgan fingerprint density at radius 2 is 1.26 bits per heavy atom. The van der Waals surface area contributed by atoms with E-state index in [-0.39, 0.29) is 5.43 Å². The van der Waals surface area contributed by atoms with Gasteiger partial charge >= 0.3 is 0 Å². The molecule has 0 aliphatic heterocycles. The quantitative estimate of drug-likeness (QED) is 0.0996. The van der Waals surface area contributed by atoms with E-state index in [1.165, 1.54) is 115 Å². The number of nitrogens with zero attached hydrogens (tertiary/aromatic N) is 2. The lowest BCUT2D eigenvalue weighted by Gasteiger charge is -2.17. The molecule has 1 aromatic carbocycles. The maximum absolute atomic E-state index is 12.9. The SMILES string of the molecule is CCCCCCCCCCCCCCCCCCCCOc1cn(Cc2ccccc2)c(CNCCCN(C)C)cc1=O. The zero-order valence-electron chi connectivity index (χ0n) is 28.2. The van der Waals surface area contributed by atoms with Crippen LogP contribution in [0.25, 0.3) is 0 Å². The first-order chi connectivity index (χ1) is 21.1. The molecule has 5 nitrogen and oxygen atoms in total. The second kappa shape index (κ2) is 25.2. The molecule has 0 saturated carbocycles. The topological polar surface area (TPSA) is 46.5 Å². The number of unbranched alkanes of at least 4 members (excludes halogenated alkanes) is 17. The third-order valence-corrected chi connectivity index (χ3v) is 8.40. The maximum Gasteiger partial charge on any atom is 0.223 e. The summed E-state index contributed by atoms with van der Waals surface area (Å²) in [5.74, 6) is 0.472. The van der Waals surface area contributed by atoms with Gasteiger partial charge in [-0.1, -0.05) is 146 Å². The molecule has 0 atom stereocenters. The summed E-state index contributed by atoms with van der Waals surface area (Å²) in [6.07, 6.45) is 27.6. The van der Waals surface area contributed by atoms with Crippen molar-refractivity contribution in [2.24, 2.45) is 0 Å². The lowest BCUT2D eigenvalue weighted by molar-refractivity contribution is 0.298. The molecule has 0 bridgehead atoms. The second-order valence-electron chi connectivity index (χ2n) is 12.8. The number of pyridine rings is 1. The first kappa shape index (κ1) is 37.1. The van der Waals surface area contributed by atoms with Crippen LogP contribution in [-0.2, 0) is 13.1 Å². The zero-order valence-corrected chi connectivity index (χ0v) is 28.2. The molecule has 43 heavy (non-hydrogen) atoms. The zero-order chi connectivity index (χ0) is 30.8. The number of benzene rings is 1. The van der Waals surface area contributed by atoms with Crippen LogP contribution in [0.4, 0.5) is 0 Å². The molecule has 2 aromatic rings. The van der Waals surface area contributed by atoms with Gasteiger partial charge in [-0.15, -0.1) is 0 Å². The van der Waals surface area contributed by atoms with E-state index in [9.17, 15) is 4.79 Å². The summed E-state index contributed by atoms with van der Waals surface area (Å²) in [7, 11) is 4.19. The third kappa shape index (κ3) is 19.0. The molecular weight excluding hydrogens is 530 g/mol. The van der Waals surface area contributed by atoms with E-state index in [1.54, 1.807) is 6.07 Å². The molecule has 0 unspecified atom stereocenters. The Kier molecular flexibility index (Phi) is 21.8. The third-order valence-electron chi connectivity index (χ3n) is 8.40. The minimum atomic E-state index is -0.0168. The normalized spacial score (nSPS) is 11.4. The Morgan fingerprint density at radius 3 is 1.79 bits per heavy atom. The first-order valence-corrected chi connectivity index (χ1v) is 17.9. The maximum atomic E-state index is 12.9. The van der Waals surface area contributed by atoms with Crippen LogP contribution in [0.3, 0.4) is 0 Å². The van der Waals surface area contributed by atoms with Gasteiger partial charge in [0.25, 0.3) is 0 Å². The fraction of sp³-hybridized carbons (Fsp3) is 0.711. The van der Waals surface area contributed by atoms with Crippen LogP contribution < -0.4 is 15.5 Å². The summed E-state index contributed by atoms with van der Waals surface area (Å²) in [6, 6.07) is 12.2. The predicted molar refractivity (Wildman–Crippen MR) is 185 cm³/mol. The van der Waals surface area contributed by atoms with Crippen molar-refractivity contribution in [1.29, 1.82) is 0 Å². The molecule has 1 aromatic heterocycles. The number of rotatable bonds is 28. The molecule has 0 amide bonds. The number of nitrogens with one attached hydrogen (secondary N) is 1. The van der Waals surface area contributed by atoms with Gasteiger partial charge in [0.2, 0.25) is 5.43 Å². The molecule has 244 valence electrons. The van der Waals surface area contributed by atoms with Gasteiger partial charge < -0.3 is 19.5 Å². The van der Waals surface area contributed by atoms with Crippen LogP contribution in [0.15, 0.2) is 47.4 Å². The second-order valence-corrected chi connectivity index (χ2v) is 12.8. The van der Waals surface area contributed by atoms with Gasteiger partial charge in [-0.2, -0.15) is 0 Å². The fourth-order valence-electron chi connectivity index (χ4n) is 5.70. The number of ether oxygens (including phenoxy) is 1. The van der Waals surface area contributed by atoms with E-state index in [2.05, 4.69) is 60.1 Å². The van der Waals surface area contributed by atoms with Crippen molar-refractivity contribution in [3.8, 4) is 5.75 Å². The van der Waals surface area contributed by atoms with Crippen molar-refractivity contribution in [2.75, 3.05) is 33.8 Å². The first-order valence-electron chi connectivity index (χ1n) is 17.9. The van der Waals surface area contributed by atoms with E-state index >= 15 is 0 Å². The highest BCUT2D eigenvalue weighted by Gasteiger charge is 2.09. The highest BCUT2D eigenvalue weighted by molar-refractivity contribution is 5.24. The summed E-state index contributed by atoms with van der Waals surface area (Å²) >= 11 is 0. The summed E-state index contributed by atoms with van der Waals surface area (Å²) in [4.78, 5) is 15.1. The Balaban J connectivity index is 1.58. The van der Waals surface area contributed by atoms with Crippen molar-refractivity contribution < 1.29 is 4.74 Å². The monoisotopic (exact) mass is 596 g/mol. The Hall–Kier alpha value is -2.11. The van der Waals surface area contributed by atoms with E-state index in [1.807, 2.05) is 12.3 Å². The molecule has 5 heteroatoms. The summed E-state index contributed by atoms with van der Waals surface area (Å²) < 4.78 is 8.18. The van der Waals surface area contributed by atoms with Crippen LogP contribution in [0, 0.1) is 0 Å². The Bertz CT molecular complexity index is 973. The average Bonchev–Trinajstić information content (AvgIpc) is 3.00. The number of hydrogen-bond donors (Lipinski definition) is 1. The van der Waals surface area contributed by atoms with Gasteiger partial charge in [0.05, 0.1) is 12.8 Å². The van der Waals surface area contributed by atoms with Gasteiger partial charge in [0.1, 0.15) is 0 Å². The average molecular weight is 596 g/mol. The minimum absolute atomic E-state index is 0.0168. The number of hydrogen-bond acceptors (Lipinski definition) is 4. The van der Waals surface area contributed by atoms with Crippen molar-refractivity contribution in [2.45, 2.75) is 142 Å². The van der Waals surface area contributed by atoms with Gasteiger partial charge in [0, 0.05) is 24.8 Å². The Labute approximate surface area is 264 Å². The summed E-state index contributed by atoms with van der Waals surface area (Å²) in [5.41, 5.74) is 2.20. The molecular formula is C38H65N3O2. The molecule has 0 fully saturated rings. The highest BCUT2D eigenvalue weighted by atomic mass is 16.5. The van der Waals surface area contributed by atoms with Crippen LogP contribution in [-0.4, -0.2) is 43.3 Å². The van der Waals surface area contributed by atoms with E-state index < -0.39 is 0 Å². The molecule has 2 rings (SSSR count). The van der Waals surface area contributed by atoms with E-state index in [0.29, 0.717) is 18.9 Å². The smallest absolute Gasteiger partial charge is 0.223 e. The van der Waals surface area contributed by atoms with Crippen molar-refractivity contribution in [3.05, 3.63) is 64.1 Å². The summed E-state index contributed by atoms with van der Waals surface area (Å²) in [6.45, 7) is 6.28. The molecule has 1 heterocycles. The van der Waals surface area contributed by atoms with Gasteiger partial charge in [0.15, 0.2) is 5.75 Å². The standard InChI is InChI=1S/C38H65N3O2/c1-4-5-6-7-8-9-10-11-12-13-14-15-16-17-18-19-20-24-30-43-38-34-41(33-35-26-22-21-23-27-35)36(31-37(38)42)32-39-28-25-29-40(2)3/h21-23,26-27,31,34,39H,4-20,24-25,28-30,32-33H2,1-3H3. The van der Waals surface area contributed by atoms with Gasteiger partial charge in [-0.3, -0.25) is 4.79 Å². The van der Waals surface area contributed by atoms with Gasteiger partial charge in [-0.05, 0) is 45.6 Å². The van der Waals surface area contributed by atoms with E-state index in [0.717, 1.165) is 38.2 Å². The molecule has 0 radical (unpaired) electrons. The van der Waals surface area contributed by atoms with Crippen molar-refractivity contribution >= 4 is 0 Å². The van der Waals surface area contributed by atoms with Crippen LogP contribution in [0.2, 0.25) is 0 Å². The molecule has 0 aliphatic carbocycles. The largest absolute Gasteiger partial charge is 0.488 e. The van der Waals surface area contributed by atoms with Crippen LogP contribution in [0.5, 0.6) is 5.75 Å². The van der Waals surface area contributed by atoms with E-state index in [4.69, 9.17) is 4.74 Å². The minimum Gasteiger partial charge on any atom is -0.488 e. The van der Waals surface area contributed by atoms with Crippen molar-refractivity contribution in [3.63, 3.8) is 0 Å². The fourth-order valence-corrected chi connectivity index (χ4v) is 5.70. The Morgan fingerprint density at radius 1 is 0.721 bits per heavy atom. The lowest BCUT2D eigenvalue weighted by Crippen LogP contribution is -2.24. The molecule has 0 aliphatic rings. The molecule has 1 N–H and O–H groups in total.